The lowest BCUT2D eigenvalue weighted by Gasteiger charge is -2.31. The van der Waals surface area contributed by atoms with Gasteiger partial charge >= 0.3 is 0 Å². The van der Waals surface area contributed by atoms with Crippen molar-refractivity contribution in [1.29, 1.82) is 0 Å². The Hall–Kier alpha value is -1.83. The lowest BCUT2D eigenvalue weighted by atomic mass is 9.84. The van der Waals surface area contributed by atoms with Gasteiger partial charge in [-0.25, -0.2) is 8.42 Å². The number of benzene rings is 2. The van der Waals surface area contributed by atoms with Crippen LogP contribution in [0.1, 0.15) is 25.7 Å². The minimum absolute atomic E-state index is 0. The average molecular weight is 410 g/mol. The number of carbonyl (C=O) groups is 1. The van der Waals surface area contributed by atoms with E-state index in [1.807, 2.05) is 18.2 Å². The minimum atomic E-state index is -3.71. The van der Waals surface area contributed by atoms with E-state index in [0.717, 1.165) is 31.1 Å². The summed E-state index contributed by atoms with van der Waals surface area (Å²) < 4.78 is 27.1. The van der Waals surface area contributed by atoms with Gasteiger partial charge < -0.3 is 11.1 Å². The molecule has 146 valence electrons. The fourth-order valence-corrected chi connectivity index (χ4v) is 5.86. The first-order chi connectivity index (χ1) is 12.5. The van der Waals surface area contributed by atoms with Crippen LogP contribution in [0.5, 0.6) is 0 Å². The molecule has 0 bridgehead atoms. The molecule has 8 heteroatoms. The summed E-state index contributed by atoms with van der Waals surface area (Å²) in [5.41, 5.74) is 6.40. The van der Waals surface area contributed by atoms with Crippen LogP contribution in [0.4, 0.5) is 5.69 Å². The maximum atomic E-state index is 12.9. The molecule has 2 unspecified atom stereocenters. The second-order valence-corrected chi connectivity index (χ2v) is 8.93. The molecular formula is C19H24ClN3O3S. The number of rotatable bonds is 4. The Kier molecular flexibility index (Phi) is 5.65. The van der Waals surface area contributed by atoms with Crippen LogP contribution in [0.25, 0.3) is 10.8 Å². The number of hydrogen-bond acceptors (Lipinski definition) is 4. The van der Waals surface area contributed by atoms with Crippen molar-refractivity contribution in [2.45, 2.75) is 36.6 Å². The van der Waals surface area contributed by atoms with Gasteiger partial charge in [0.1, 0.15) is 6.54 Å². The fourth-order valence-electron chi connectivity index (χ4n) is 4.19. The van der Waals surface area contributed by atoms with E-state index in [1.165, 1.54) is 4.31 Å². The van der Waals surface area contributed by atoms with Crippen LogP contribution in [-0.4, -0.2) is 33.5 Å². The molecule has 6 nitrogen and oxygen atoms in total. The number of amides is 1. The van der Waals surface area contributed by atoms with Gasteiger partial charge in [0, 0.05) is 11.4 Å². The van der Waals surface area contributed by atoms with Crippen molar-refractivity contribution in [1.82, 2.24) is 5.32 Å². The van der Waals surface area contributed by atoms with Crippen LogP contribution in [0.15, 0.2) is 41.3 Å². The highest BCUT2D eigenvalue weighted by Gasteiger charge is 2.37. The van der Waals surface area contributed by atoms with Gasteiger partial charge in [-0.05, 0) is 42.8 Å². The van der Waals surface area contributed by atoms with Crippen LogP contribution in [0.2, 0.25) is 0 Å². The Balaban J connectivity index is 0.00000210. The van der Waals surface area contributed by atoms with E-state index in [-0.39, 0.29) is 41.7 Å². The van der Waals surface area contributed by atoms with Gasteiger partial charge in [0.15, 0.2) is 0 Å². The van der Waals surface area contributed by atoms with E-state index >= 15 is 0 Å². The Morgan fingerprint density at radius 1 is 1.15 bits per heavy atom. The lowest BCUT2D eigenvalue weighted by Crippen LogP contribution is -2.48. The van der Waals surface area contributed by atoms with Crippen molar-refractivity contribution in [3.8, 4) is 0 Å². The van der Waals surface area contributed by atoms with Gasteiger partial charge in [0.25, 0.3) is 10.0 Å². The van der Waals surface area contributed by atoms with E-state index in [9.17, 15) is 13.2 Å². The molecule has 1 amide bonds. The molecule has 2 aliphatic rings. The number of anilines is 1. The summed E-state index contributed by atoms with van der Waals surface area (Å²) in [6, 6.07) is 10.7. The lowest BCUT2D eigenvalue weighted by molar-refractivity contribution is -0.120. The summed E-state index contributed by atoms with van der Waals surface area (Å²) in [7, 11) is -3.71. The molecular weight excluding hydrogens is 386 g/mol. The Bertz CT molecular complexity index is 959. The first-order valence-electron chi connectivity index (χ1n) is 9.06. The third-order valence-electron chi connectivity index (χ3n) is 5.53. The van der Waals surface area contributed by atoms with Gasteiger partial charge in [0.2, 0.25) is 5.91 Å². The van der Waals surface area contributed by atoms with Gasteiger partial charge in [-0.15, -0.1) is 12.4 Å². The average Bonchev–Trinajstić information content (AvgIpc) is 2.86. The number of nitrogens with one attached hydrogen (secondary N) is 1. The number of halogens is 1. The summed E-state index contributed by atoms with van der Waals surface area (Å²) in [5, 5.41) is 4.58. The van der Waals surface area contributed by atoms with E-state index in [0.29, 0.717) is 17.6 Å². The minimum Gasteiger partial charge on any atom is -0.351 e. The normalized spacial score (nSPS) is 23.1. The zero-order valence-corrected chi connectivity index (χ0v) is 16.6. The van der Waals surface area contributed by atoms with Crippen molar-refractivity contribution in [2.24, 2.45) is 11.7 Å². The Labute approximate surface area is 165 Å². The number of hydrogen-bond donors (Lipinski definition) is 2. The smallest absolute Gasteiger partial charge is 0.265 e. The summed E-state index contributed by atoms with van der Waals surface area (Å²) >= 11 is 0. The quantitative estimate of drug-likeness (QED) is 0.810. The second-order valence-electron chi connectivity index (χ2n) is 7.10. The standard InChI is InChI=1S/C19H23N3O3S.ClH/c20-11-14-5-1-2-8-15(14)21-18(23)12-22-16-9-3-6-13-7-4-10-17(19(13)16)26(22,24)25;/h3-4,6-7,9-10,14-15H,1-2,5,8,11-12,20H2,(H,21,23);1H. The Morgan fingerprint density at radius 2 is 1.85 bits per heavy atom. The molecule has 3 N–H and O–H groups in total. The summed E-state index contributed by atoms with van der Waals surface area (Å²) in [5.74, 6) is -0.00718. The number of nitrogens with two attached hydrogens (primary N) is 1. The van der Waals surface area contributed by atoms with E-state index in [2.05, 4.69) is 5.32 Å². The van der Waals surface area contributed by atoms with Crippen LogP contribution >= 0.6 is 12.4 Å². The zero-order chi connectivity index (χ0) is 18.3. The van der Waals surface area contributed by atoms with Crippen molar-refractivity contribution in [3.63, 3.8) is 0 Å². The molecule has 1 aliphatic carbocycles. The number of nitrogens with zero attached hydrogens (tertiary/aromatic N) is 1. The molecule has 0 saturated heterocycles. The maximum absolute atomic E-state index is 12.9. The first kappa shape index (κ1) is 19.9. The third kappa shape index (κ3) is 3.39. The molecule has 0 radical (unpaired) electrons. The third-order valence-corrected chi connectivity index (χ3v) is 7.33. The molecule has 1 aliphatic heterocycles. The summed E-state index contributed by atoms with van der Waals surface area (Å²) in [4.78, 5) is 12.9. The van der Waals surface area contributed by atoms with Gasteiger partial charge in [-0.3, -0.25) is 9.10 Å². The van der Waals surface area contributed by atoms with Crippen molar-refractivity contribution >= 4 is 44.8 Å². The van der Waals surface area contributed by atoms with Crippen LogP contribution in [0.3, 0.4) is 0 Å². The Morgan fingerprint density at radius 3 is 2.59 bits per heavy atom. The molecule has 2 atom stereocenters. The van der Waals surface area contributed by atoms with Crippen molar-refractivity contribution in [3.05, 3.63) is 36.4 Å². The summed E-state index contributed by atoms with van der Waals surface area (Å²) in [6.45, 7) is 0.335. The highest BCUT2D eigenvalue weighted by Crippen LogP contribution is 2.41. The van der Waals surface area contributed by atoms with Crippen LogP contribution in [-0.2, 0) is 14.8 Å². The SMILES string of the molecule is Cl.NCC1CCCCC1NC(=O)CN1c2cccc3cccc(c23)S1(=O)=O. The predicted molar refractivity (Wildman–Crippen MR) is 109 cm³/mol. The molecule has 0 spiro atoms. The van der Waals surface area contributed by atoms with E-state index in [1.54, 1.807) is 18.2 Å². The molecule has 1 heterocycles. The van der Waals surface area contributed by atoms with Gasteiger partial charge in [0.05, 0.1) is 10.6 Å². The molecule has 2 aromatic carbocycles. The van der Waals surface area contributed by atoms with Gasteiger partial charge in [-0.1, -0.05) is 37.1 Å². The molecule has 1 fully saturated rings. The monoisotopic (exact) mass is 409 g/mol. The van der Waals surface area contributed by atoms with Gasteiger partial charge in [-0.2, -0.15) is 0 Å². The topological polar surface area (TPSA) is 92.5 Å². The molecule has 4 rings (SSSR count). The zero-order valence-electron chi connectivity index (χ0n) is 14.9. The largest absolute Gasteiger partial charge is 0.351 e. The van der Waals surface area contributed by atoms with Crippen molar-refractivity contribution < 1.29 is 13.2 Å². The first-order valence-corrected chi connectivity index (χ1v) is 10.5. The summed E-state index contributed by atoms with van der Waals surface area (Å²) in [6.07, 6.45) is 4.10. The number of sulfonamides is 1. The molecule has 2 aromatic rings. The van der Waals surface area contributed by atoms with E-state index < -0.39 is 10.0 Å². The highest BCUT2D eigenvalue weighted by atomic mass is 35.5. The highest BCUT2D eigenvalue weighted by molar-refractivity contribution is 7.93. The van der Waals surface area contributed by atoms with Crippen LogP contribution < -0.4 is 15.4 Å². The van der Waals surface area contributed by atoms with Crippen LogP contribution in [0, 0.1) is 5.92 Å². The number of carbonyl (C=O) groups excluding carboxylic acids is 1. The fraction of sp³-hybridized carbons (Fsp3) is 0.421. The van der Waals surface area contributed by atoms with E-state index in [4.69, 9.17) is 5.73 Å². The second kappa shape index (κ2) is 7.66. The predicted octanol–water partition coefficient (Wildman–Crippen LogP) is 2.40. The maximum Gasteiger partial charge on any atom is 0.265 e. The molecule has 0 aromatic heterocycles. The molecule has 27 heavy (non-hydrogen) atoms. The molecule has 1 saturated carbocycles. The van der Waals surface area contributed by atoms with Crippen molar-refractivity contribution in [2.75, 3.05) is 17.4 Å².